The van der Waals surface area contributed by atoms with E-state index in [0.717, 1.165) is 54.0 Å². The lowest BCUT2D eigenvalue weighted by Gasteiger charge is -2.33. The van der Waals surface area contributed by atoms with Crippen LogP contribution >= 0.6 is 0 Å². The molecule has 0 spiro atoms. The number of pyridine rings is 1. The molecule has 34 heavy (non-hydrogen) atoms. The molecule has 2 aliphatic rings. The first-order chi connectivity index (χ1) is 16.3. The Morgan fingerprint density at radius 2 is 1.94 bits per heavy atom. The number of anilines is 2. The zero-order valence-corrected chi connectivity index (χ0v) is 20.2. The second-order valence-corrected chi connectivity index (χ2v) is 9.66. The van der Waals surface area contributed by atoms with Crippen LogP contribution in [-0.4, -0.2) is 47.6 Å². The average Bonchev–Trinajstić information content (AvgIpc) is 2.86. The van der Waals surface area contributed by atoms with Gasteiger partial charge in [0.15, 0.2) is 5.78 Å². The predicted octanol–water partition coefficient (Wildman–Crippen LogP) is 5.68. The molecule has 0 bridgehead atoms. The van der Waals surface area contributed by atoms with Crippen LogP contribution in [-0.2, 0) is 12.8 Å². The highest BCUT2D eigenvalue weighted by Crippen LogP contribution is 2.34. The van der Waals surface area contributed by atoms with E-state index in [1.54, 1.807) is 11.1 Å². The number of rotatable bonds is 6. The summed E-state index contributed by atoms with van der Waals surface area (Å²) in [6.45, 7) is 7.28. The topological polar surface area (TPSA) is 53.5 Å². The third-order valence-corrected chi connectivity index (χ3v) is 6.95. The number of Topliss-reactive ketones (excluding diaryl/α,β-unsaturated/α-hetero) is 1. The van der Waals surface area contributed by atoms with Gasteiger partial charge in [-0.2, -0.15) is 0 Å². The van der Waals surface area contributed by atoms with Crippen molar-refractivity contribution in [2.75, 3.05) is 24.5 Å². The SMILES string of the molecule is CCc1cc(N2CCCc3cc(C(=O)N4CCCC(C(F)F)C4)cnc32)ccc1C(=O)C(C)C. The number of likely N-dealkylation sites (tertiary alicyclic amines) is 1. The van der Waals surface area contributed by atoms with Crippen LogP contribution in [0.15, 0.2) is 30.5 Å². The lowest BCUT2D eigenvalue weighted by molar-refractivity contribution is 0.0253. The zero-order valence-electron chi connectivity index (χ0n) is 20.2. The number of aryl methyl sites for hydroxylation is 2. The molecule has 0 saturated carbocycles. The third-order valence-electron chi connectivity index (χ3n) is 6.95. The van der Waals surface area contributed by atoms with Crippen LogP contribution in [0.4, 0.5) is 20.3 Å². The van der Waals surface area contributed by atoms with Gasteiger partial charge in [0.1, 0.15) is 5.82 Å². The van der Waals surface area contributed by atoms with Crippen molar-refractivity contribution in [3.63, 3.8) is 0 Å². The number of halogens is 2. The Bertz CT molecular complexity index is 1070. The minimum atomic E-state index is -2.40. The van der Waals surface area contributed by atoms with Crippen LogP contribution in [0.5, 0.6) is 0 Å². The van der Waals surface area contributed by atoms with Gasteiger partial charge < -0.3 is 9.80 Å². The number of aromatic nitrogens is 1. The highest BCUT2D eigenvalue weighted by atomic mass is 19.3. The van der Waals surface area contributed by atoms with Crippen LogP contribution in [0, 0.1) is 11.8 Å². The first-order valence-electron chi connectivity index (χ1n) is 12.3. The molecule has 1 unspecified atom stereocenters. The van der Waals surface area contributed by atoms with E-state index in [1.165, 1.54) is 0 Å². The summed E-state index contributed by atoms with van der Waals surface area (Å²) in [5, 5.41) is 0. The molecule has 1 aromatic carbocycles. The molecule has 2 aromatic rings. The van der Waals surface area contributed by atoms with Crippen molar-refractivity contribution in [2.45, 2.75) is 59.3 Å². The quantitative estimate of drug-likeness (QED) is 0.511. The van der Waals surface area contributed by atoms with Crippen LogP contribution in [0.3, 0.4) is 0 Å². The fourth-order valence-electron chi connectivity index (χ4n) is 5.01. The fourth-order valence-corrected chi connectivity index (χ4v) is 5.01. The van der Waals surface area contributed by atoms with Crippen molar-refractivity contribution in [3.8, 4) is 0 Å². The van der Waals surface area contributed by atoms with Crippen LogP contribution in [0.1, 0.15) is 71.9 Å². The maximum atomic E-state index is 13.2. The van der Waals surface area contributed by atoms with Crippen LogP contribution < -0.4 is 4.90 Å². The summed E-state index contributed by atoms with van der Waals surface area (Å²) < 4.78 is 26.4. The molecular formula is C27H33F2N3O2. The Morgan fingerprint density at radius 3 is 2.65 bits per heavy atom. The lowest BCUT2D eigenvalue weighted by atomic mass is 9.94. The standard InChI is InChI=1S/C27H33F2N3O2/c1-4-18-14-22(9-10-23(18)24(33)17(2)3)32-12-6-7-19-13-21(15-30-26(19)32)27(34)31-11-5-8-20(16-31)25(28)29/h9-10,13-15,17,20,25H,4-8,11-12,16H2,1-3H3. The lowest BCUT2D eigenvalue weighted by Crippen LogP contribution is -2.42. The highest BCUT2D eigenvalue weighted by Gasteiger charge is 2.31. The largest absolute Gasteiger partial charge is 0.338 e. The van der Waals surface area contributed by atoms with Gasteiger partial charge in [-0.05, 0) is 67.5 Å². The maximum Gasteiger partial charge on any atom is 0.255 e. The minimum absolute atomic E-state index is 0.0552. The monoisotopic (exact) mass is 469 g/mol. The van der Waals surface area contributed by atoms with E-state index >= 15 is 0 Å². The molecular weight excluding hydrogens is 436 g/mol. The fraction of sp³-hybridized carbons (Fsp3) is 0.519. The Labute approximate surface area is 200 Å². The van der Waals surface area contributed by atoms with Crippen LogP contribution in [0.2, 0.25) is 0 Å². The van der Waals surface area contributed by atoms with E-state index in [4.69, 9.17) is 0 Å². The first kappa shape index (κ1) is 24.3. The summed E-state index contributed by atoms with van der Waals surface area (Å²) in [7, 11) is 0. The number of nitrogens with zero attached hydrogens (tertiary/aromatic N) is 3. The second-order valence-electron chi connectivity index (χ2n) is 9.66. The molecule has 182 valence electrons. The van der Waals surface area contributed by atoms with Crippen molar-refractivity contribution in [3.05, 3.63) is 52.7 Å². The van der Waals surface area contributed by atoms with Crippen LogP contribution in [0.25, 0.3) is 0 Å². The van der Waals surface area contributed by atoms with E-state index in [9.17, 15) is 18.4 Å². The third kappa shape index (κ3) is 4.84. The molecule has 4 rings (SSSR count). The molecule has 7 heteroatoms. The molecule has 5 nitrogen and oxygen atoms in total. The van der Waals surface area contributed by atoms with Gasteiger partial charge in [0.25, 0.3) is 5.91 Å². The number of carbonyl (C=O) groups excluding carboxylic acids is 2. The number of alkyl halides is 2. The van der Waals surface area contributed by atoms with E-state index < -0.39 is 12.3 Å². The number of hydrogen-bond acceptors (Lipinski definition) is 4. The van der Waals surface area contributed by atoms with Gasteiger partial charge >= 0.3 is 0 Å². The summed E-state index contributed by atoms with van der Waals surface area (Å²) in [6, 6.07) is 7.84. The van der Waals surface area contributed by atoms with Gasteiger partial charge in [0.05, 0.1) is 5.56 Å². The van der Waals surface area contributed by atoms with Gasteiger partial charge in [-0.25, -0.2) is 13.8 Å². The molecule has 0 radical (unpaired) electrons. The highest BCUT2D eigenvalue weighted by molar-refractivity contribution is 5.99. The number of hydrogen-bond donors (Lipinski definition) is 0. The number of piperidine rings is 1. The van der Waals surface area contributed by atoms with E-state index in [0.29, 0.717) is 24.9 Å². The van der Waals surface area contributed by atoms with Gasteiger partial charge in [-0.3, -0.25) is 9.59 Å². The molecule has 1 saturated heterocycles. The van der Waals surface area contributed by atoms with E-state index in [1.807, 2.05) is 32.0 Å². The summed E-state index contributed by atoms with van der Waals surface area (Å²) in [4.78, 5) is 34.0. The molecule has 3 heterocycles. The predicted molar refractivity (Wildman–Crippen MR) is 129 cm³/mol. The second kappa shape index (κ2) is 10.2. The Balaban J connectivity index is 1.59. The minimum Gasteiger partial charge on any atom is -0.338 e. The maximum absolute atomic E-state index is 13.2. The number of fused-ring (bicyclic) bond motifs is 1. The smallest absolute Gasteiger partial charge is 0.255 e. The molecule has 1 fully saturated rings. The molecule has 1 amide bonds. The summed E-state index contributed by atoms with van der Waals surface area (Å²) in [5.41, 5.74) is 4.23. The Kier molecular flexibility index (Phi) is 7.29. The molecule has 0 N–H and O–H groups in total. The molecule has 0 aliphatic carbocycles. The van der Waals surface area contributed by atoms with Gasteiger partial charge in [0, 0.05) is 48.9 Å². The number of amides is 1. The van der Waals surface area contributed by atoms with Gasteiger partial charge in [0.2, 0.25) is 6.43 Å². The number of benzene rings is 1. The Hall–Kier alpha value is -2.83. The zero-order chi connectivity index (χ0) is 24.4. The summed E-state index contributed by atoms with van der Waals surface area (Å²) in [5.74, 6) is -0.0625. The van der Waals surface area contributed by atoms with Gasteiger partial charge in [-0.1, -0.05) is 20.8 Å². The van der Waals surface area contributed by atoms with Crippen molar-refractivity contribution < 1.29 is 18.4 Å². The average molecular weight is 470 g/mol. The summed E-state index contributed by atoms with van der Waals surface area (Å²) in [6.07, 6.45) is 2.71. The molecule has 2 aliphatic heterocycles. The number of ketones is 1. The van der Waals surface area contributed by atoms with Crippen molar-refractivity contribution >= 4 is 23.2 Å². The normalized spacial score (nSPS) is 18.4. The number of carbonyl (C=O) groups is 2. The molecule has 1 atom stereocenters. The Morgan fingerprint density at radius 1 is 1.15 bits per heavy atom. The summed E-state index contributed by atoms with van der Waals surface area (Å²) >= 11 is 0. The van der Waals surface area contributed by atoms with Crippen molar-refractivity contribution in [2.24, 2.45) is 11.8 Å². The van der Waals surface area contributed by atoms with E-state index in [2.05, 4.69) is 22.9 Å². The van der Waals surface area contributed by atoms with Gasteiger partial charge in [-0.15, -0.1) is 0 Å². The van der Waals surface area contributed by atoms with Crippen molar-refractivity contribution in [1.29, 1.82) is 0 Å². The molecule has 1 aromatic heterocycles. The van der Waals surface area contributed by atoms with E-state index in [-0.39, 0.29) is 24.2 Å². The first-order valence-corrected chi connectivity index (χ1v) is 12.3. The van der Waals surface area contributed by atoms with Crippen molar-refractivity contribution in [1.82, 2.24) is 9.88 Å².